The van der Waals surface area contributed by atoms with E-state index in [9.17, 15) is 26.4 Å². The van der Waals surface area contributed by atoms with E-state index in [0.717, 1.165) is 3.57 Å². The van der Waals surface area contributed by atoms with Crippen LogP contribution in [0.5, 0.6) is 5.75 Å². The second-order valence-corrected chi connectivity index (χ2v) is 6.67. The third-order valence-corrected chi connectivity index (χ3v) is 4.04. The molecular formula is C11H10F3INO5S-. The van der Waals surface area contributed by atoms with Gasteiger partial charge in [-0.05, 0) is 40.8 Å². The van der Waals surface area contributed by atoms with E-state index in [1.165, 1.54) is 13.2 Å². The summed E-state index contributed by atoms with van der Waals surface area (Å²) < 4.78 is 70.3. The molecule has 124 valence electrons. The molecular weight excluding hydrogens is 442 g/mol. The quantitative estimate of drug-likeness (QED) is 0.377. The third-order valence-electron chi connectivity index (χ3n) is 2.26. The van der Waals surface area contributed by atoms with E-state index in [1.54, 1.807) is 12.1 Å². The zero-order valence-electron chi connectivity index (χ0n) is 11.1. The number of benzene rings is 1. The first kappa shape index (κ1) is 19.0. The second kappa shape index (κ2) is 7.46. The standard InChI is InChI=1S/C11H10F3INO5S/c1-20-9-6-7(15)2-3-8(9)10(17)21-5-4-16-22(18,19)11(12,13)14/h2-3,6H,4-5H2,1H3/q-1. The van der Waals surface area contributed by atoms with Gasteiger partial charge in [-0.3, -0.25) is 0 Å². The molecule has 22 heavy (non-hydrogen) atoms. The van der Waals surface area contributed by atoms with Crippen molar-refractivity contribution < 1.29 is 35.9 Å². The summed E-state index contributed by atoms with van der Waals surface area (Å²) in [5.41, 5.74) is -5.39. The van der Waals surface area contributed by atoms with Gasteiger partial charge in [-0.2, -0.15) is 13.2 Å². The number of hydrogen-bond acceptors (Lipinski definition) is 5. The molecule has 0 aliphatic carbocycles. The molecule has 1 aromatic rings. The monoisotopic (exact) mass is 452 g/mol. The summed E-state index contributed by atoms with van der Waals surface area (Å²) in [7, 11) is -4.23. The molecule has 11 heteroatoms. The normalized spacial score (nSPS) is 12.0. The Kier molecular flexibility index (Phi) is 6.43. The van der Waals surface area contributed by atoms with Crippen molar-refractivity contribution in [3.05, 3.63) is 32.1 Å². The number of sulfonamides is 1. The summed E-state index contributed by atoms with van der Waals surface area (Å²) in [5.74, 6) is -0.621. The van der Waals surface area contributed by atoms with Crippen molar-refractivity contribution in [2.75, 3.05) is 20.3 Å². The van der Waals surface area contributed by atoms with Gasteiger partial charge in [-0.1, -0.05) is 0 Å². The second-order valence-electron chi connectivity index (χ2n) is 3.75. The van der Waals surface area contributed by atoms with E-state index in [-0.39, 0.29) is 11.3 Å². The fourth-order valence-electron chi connectivity index (χ4n) is 1.28. The van der Waals surface area contributed by atoms with Crippen LogP contribution in [0, 0.1) is 3.57 Å². The van der Waals surface area contributed by atoms with Gasteiger partial charge in [0.25, 0.3) is 0 Å². The van der Waals surface area contributed by atoms with Gasteiger partial charge < -0.3 is 14.2 Å². The number of ether oxygens (including phenoxy) is 2. The van der Waals surface area contributed by atoms with Crippen LogP contribution in [-0.4, -0.2) is 40.2 Å². The lowest BCUT2D eigenvalue weighted by Crippen LogP contribution is -2.23. The number of carbonyl (C=O) groups is 1. The van der Waals surface area contributed by atoms with Crippen molar-refractivity contribution in [1.29, 1.82) is 0 Å². The van der Waals surface area contributed by atoms with Gasteiger partial charge in [-0.25, -0.2) is 13.2 Å². The van der Waals surface area contributed by atoms with Gasteiger partial charge in [0.05, 0.1) is 13.7 Å². The first-order chi connectivity index (χ1) is 10.1. The van der Waals surface area contributed by atoms with Crippen LogP contribution >= 0.6 is 22.6 Å². The number of halogens is 4. The van der Waals surface area contributed by atoms with E-state index >= 15 is 0 Å². The van der Waals surface area contributed by atoms with Crippen LogP contribution in [0.3, 0.4) is 0 Å². The topological polar surface area (TPSA) is 83.8 Å². The first-order valence-corrected chi connectivity index (χ1v) is 8.11. The van der Waals surface area contributed by atoms with Crippen LogP contribution in [0.2, 0.25) is 0 Å². The number of carbonyl (C=O) groups excluding carboxylic acids is 1. The lowest BCUT2D eigenvalue weighted by Gasteiger charge is -2.21. The molecule has 0 saturated carbocycles. The van der Waals surface area contributed by atoms with Crippen LogP contribution in [0.25, 0.3) is 4.72 Å². The van der Waals surface area contributed by atoms with Gasteiger partial charge >= 0.3 is 11.5 Å². The van der Waals surface area contributed by atoms with Gasteiger partial charge in [0, 0.05) is 3.57 Å². The Bertz CT molecular complexity index is 648. The molecule has 0 amide bonds. The smallest absolute Gasteiger partial charge is 0.480 e. The Hall–Kier alpha value is -1.08. The molecule has 0 atom stereocenters. The predicted octanol–water partition coefficient (Wildman–Crippen LogP) is 2.68. The van der Waals surface area contributed by atoms with Crippen molar-refractivity contribution in [2.45, 2.75) is 5.51 Å². The molecule has 0 bridgehead atoms. The number of methoxy groups -OCH3 is 1. The van der Waals surface area contributed by atoms with E-state index in [2.05, 4.69) is 9.46 Å². The lowest BCUT2D eigenvalue weighted by atomic mass is 10.2. The van der Waals surface area contributed by atoms with Crippen LogP contribution in [0.4, 0.5) is 13.2 Å². The molecule has 6 nitrogen and oxygen atoms in total. The number of esters is 1. The van der Waals surface area contributed by atoms with Crippen LogP contribution in [0.15, 0.2) is 18.2 Å². The molecule has 0 heterocycles. The molecule has 0 unspecified atom stereocenters. The Morgan fingerprint density at radius 1 is 1.36 bits per heavy atom. The molecule has 1 rings (SSSR count). The maximum absolute atomic E-state index is 12.0. The van der Waals surface area contributed by atoms with E-state index in [0.29, 0.717) is 0 Å². The predicted molar refractivity (Wildman–Crippen MR) is 79.2 cm³/mol. The molecule has 0 radical (unpaired) electrons. The first-order valence-electron chi connectivity index (χ1n) is 5.59. The summed E-state index contributed by atoms with van der Waals surface area (Å²) in [6.45, 7) is -1.43. The Morgan fingerprint density at radius 2 is 2.00 bits per heavy atom. The number of nitrogens with zero attached hydrogens (tertiary/aromatic N) is 1. The molecule has 0 spiro atoms. The minimum Gasteiger partial charge on any atom is -0.538 e. The molecule has 0 aliphatic heterocycles. The van der Waals surface area contributed by atoms with E-state index in [4.69, 9.17) is 4.74 Å². The molecule has 0 aromatic heterocycles. The highest BCUT2D eigenvalue weighted by molar-refractivity contribution is 14.1. The highest BCUT2D eigenvalue weighted by Crippen LogP contribution is 2.27. The van der Waals surface area contributed by atoms with Gasteiger partial charge in [-0.15, -0.1) is 6.54 Å². The van der Waals surface area contributed by atoms with Crippen molar-refractivity contribution in [1.82, 2.24) is 0 Å². The van der Waals surface area contributed by atoms with Gasteiger partial charge in [0.15, 0.2) is 10.0 Å². The highest BCUT2D eigenvalue weighted by Gasteiger charge is 2.38. The maximum atomic E-state index is 12.0. The molecule has 0 fully saturated rings. The van der Waals surface area contributed by atoms with Crippen LogP contribution < -0.4 is 4.74 Å². The molecule has 0 N–H and O–H groups in total. The maximum Gasteiger partial charge on any atom is 0.480 e. The summed E-state index contributed by atoms with van der Waals surface area (Å²) in [6, 6.07) is 4.60. The van der Waals surface area contributed by atoms with Gasteiger partial charge in [0.1, 0.15) is 11.3 Å². The fourth-order valence-corrected chi connectivity index (χ4v) is 2.20. The lowest BCUT2D eigenvalue weighted by molar-refractivity contribution is -0.0427. The largest absolute Gasteiger partial charge is 0.538 e. The minimum atomic E-state index is -5.57. The zero-order valence-corrected chi connectivity index (χ0v) is 14.0. The molecule has 0 saturated heterocycles. The van der Waals surface area contributed by atoms with Crippen molar-refractivity contribution in [3.8, 4) is 5.75 Å². The van der Waals surface area contributed by atoms with E-state index in [1.807, 2.05) is 22.6 Å². The summed E-state index contributed by atoms with van der Waals surface area (Å²) in [6.07, 6.45) is 0. The van der Waals surface area contributed by atoms with Crippen molar-refractivity contribution in [3.63, 3.8) is 0 Å². The summed E-state index contributed by atoms with van der Waals surface area (Å²) in [5, 5.41) is 0. The van der Waals surface area contributed by atoms with Gasteiger partial charge in [0.2, 0.25) is 0 Å². The Balaban J connectivity index is 2.58. The number of alkyl halides is 3. The third kappa shape index (κ3) is 4.98. The molecule has 0 aliphatic rings. The zero-order chi connectivity index (χ0) is 17.0. The highest BCUT2D eigenvalue weighted by atomic mass is 127. The Labute approximate surface area is 138 Å². The Morgan fingerprint density at radius 3 is 2.55 bits per heavy atom. The van der Waals surface area contributed by atoms with E-state index < -0.39 is 34.7 Å². The SMILES string of the molecule is COc1cc(I)ccc1C(=O)OCC[N-]S(=O)(=O)C(F)(F)F. The average Bonchev–Trinajstić information content (AvgIpc) is 2.41. The summed E-state index contributed by atoms with van der Waals surface area (Å²) >= 11 is 2.00. The van der Waals surface area contributed by atoms with Crippen LogP contribution in [-0.2, 0) is 14.8 Å². The number of hydrogen-bond donors (Lipinski definition) is 0. The fraction of sp³-hybridized carbons (Fsp3) is 0.364. The minimum absolute atomic E-state index is 0.0709. The van der Waals surface area contributed by atoms with Crippen LogP contribution in [0.1, 0.15) is 10.4 Å². The molecule has 1 aromatic carbocycles. The number of rotatable bonds is 6. The summed E-state index contributed by atoms with van der Waals surface area (Å²) in [4.78, 5) is 11.7. The average molecular weight is 452 g/mol. The van der Waals surface area contributed by atoms with Crippen molar-refractivity contribution in [2.24, 2.45) is 0 Å². The van der Waals surface area contributed by atoms with Crippen molar-refractivity contribution >= 4 is 38.6 Å².